The summed E-state index contributed by atoms with van der Waals surface area (Å²) in [4.78, 5) is 12.7. The van der Waals surface area contributed by atoms with Crippen LogP contribution in [0.5, 0.6) is 0 Å². The largest absolute Gasteiger partial charge is 0.472 e. The van der Waals surface area contributed by atoms with Gasteiger partial charge in [0, 0.05) is 5.56 Å². The smallest absolute Gasteiger partial charge is 0.227 e. The molecule has 1 aromatic carbocycles. The number of carbonyl (C=O) groups excluding carboxylic acids is 1. The van der Waals surface area contributed by atoms with Gasteiger partial charge in [-0.1, -0.05) is 37.3 Å². The second-order valence-electron chi connectivity index (χ2n) is 5.94. The lowest BCUT2D eigenvalue weighted by Gasteiger charge is -2.26. The van der Waals surface area contributed by atoms with Crippen molar-refractivity contribution in [2.75, 3.05) is 6.54 Å². The molecule has 3 rings (SSSR count). The Hall–Kier alpha value is -2.79. The third-order valence-electron chi connectivity index (χ3n) is 4.37. The first-order chi connectivity index (χ1) is 12.1. The van der Waals surface area contributed by atoms with E-state index in [9.17, 15) is 9.90 Å². The standard InChI is InChI=1S/C20H21NO4/c1-2-17(15-7-4-3-5-8-15)19(22)21-14-20(23,16-10-12-24-13-16)18-9-6-11-25-18/h3-13,17,23H,2,14H2,1H3,(H,21,22)/t17-,20+/m1/s1. The number of aliphatic hydroxyl groups is 1. The molecule has 25 heavy (non-hydrogen) atoms. The molecule has 0 aliphatic carbocycles. The van der Waals surface area contributed by atoms with Crippen LogP contribution in [0.15, 0.2) is 76.2 Å². The molecular weight excluding hydrogens is 318 g/mol. The molecule has 1 amide bonds. The molecule has 3 aromatic rings. The van der Waals surface area contributed by atoms with Crippen LogP contribution in [0.1, 0.15) is 36.1 Å². The summed E-state index contributed by atoms with van der Waals surface area (Å²) >= 11 is 0. The summed E-state index contributed by atoms with van der Waals surface area (Å²) in [6, 6.07) is 14.6. The summed E-state index contributed by atoms with van der Waals surface area (Å²) in [7, 11) is 0. The second kappa shape index (κ2) is 7.40. The van der Waals surface area contributed by atoms with Gasteiger partial charge in [-0.3, -0.25) is 4.79 Å². The summed E-state index contributed by atoms with van der Waals surface area (Å²) in [5.74, 6) is -0.0597. The fourth-order valence-corrected chi connectivity index (χ4v) is 2.94. The first-order valence-electron chi connectivity index (χ1n) is 8.27. The highest BCUT2D eigenvalue weighted by molar-refractivity contribution is 5.83. The molecule has 0 radical (unpaired) electrons. The van der Waals surface area contributed by atoms with Gasteiger partial charge in [0.15, 0.2) is 5.60 Å². The summed E-state index contributed by atoms with van der Waals surface area (Å²) in [5.41, 5.74) is -0.0101. The average molecular weight is 339 g/mol. The Balaban J connectivity index is 1.79. The van der Waals surface area contributed by atoms with Gasteiger partial charge in [-0.2, -0.15) is 0 Å². The van der Waals surface area contributed by atoms with Gasteiger partial charge in [-0.15, -0.1) is 0 Å². The van der Waals surface area contributed by atoms with Crippen molar-refractivity contribution in [1.29, 1.82) is 0 Å². The predicted octanol–water partition coefficient (Wildman–Crippen LogP) is 3.42. The van der Waals surface area contributed by atoms with Crippen molar-refractivity contribution in [1.82, 2.24) is 5.32 Å². The molecule has 0 unspecified atom stereocenters. The molecule has 0 bridgehead atoms. The van der Waals surface area contributed by atoms with E-state index in [0.29, 0.717) is 17.7 Å². The minimum atomic E-state index is -1.48. The predicted molar refractivity (Wildman–Crippen MR) is 92.9 cm³/mol. The molecule has 5 nitrogen and oxygen atoms in total. The summed E-state index contributed by atoms with van der Waals surface area (Å²) in [6.45, 7) is 1.95. The Labute approximate surface area is 146 Å². The summed E-state index contributed by atoms with van der Waals surface area (Å²) in [5, 5.41) is 14.0. The molecule has 2 N–H and O–H groups in total. The quantitative estimate of drug-likeness (QED) is 0.691. The van der Waals surface area contributed by atoms with Crippen LogP contribution in [0.3, 0.4) is 0 Å². The molecular formula is C20H21NO4. The number of hydrogen-bond acceptors (Lipinski definition) is 4. The van der Waals surface area contributed by atoms with Crippen LogP contribution in [0.25, 0.3) is 0 Å². The van der Waals surface area contributed by atoms with Gasteiger partial charge in [0.05, 0.1) is 31.3 Å². The van der Waals surface area contributed by atoms with Crippen molar-refractivity contribution >= 4 is 5.91 Å². The maximum atomic E-state index is 12.7. The minimum absolute atomic E-state index is 0.0117. The Morgan fingerprint density at radius 2 is 1.96 bits per heavy atom. The normalized spacial score (nSPS) is 14.6. The van der Waals surface area contributed by atoms with Gasteiger partial charge in [-0.05, 0) is 30.2 Å². The van der Waals surface area contributed by atoms with Gasteiger partial charge in [0.25, 0.3) is 0 Å². The summed E-state index contributed by atoms with van der Waals surface area (Å²) in [6.07, 6.45) is 5.08. The van der Waals surface area contributed by atoms with Crippen LogP contribution >= 0.6 is 0 Å². The molecule has 2 aromatic heterocycles. The van der Waals surface area contributed by atoms with Crippen LogP contribution in [-0.2, 0) is 10.4 Å². The second-order valence-corrected chi connectivity index (χ2v) is 5.94. The van der Waals surface area contributed by atoms with E-state index in [0.717, 1.165) is 5.56 Å². The Morgan fingerprint density at radius 3 is 2.56 bits per heavy atom. The van der Waals surface area contributed by atoms with Crippen LogP contribution in [0, 0.1) is 0 Å². The number of hydrogen-bond donors (Lipinski definition) is 2. The fraction of sp³-hybridized carbons (Fsp3) is 0.250. The lowest BCUT2D eigenvalue weighted by molar-refractivity contribution is -0.123. The van der Waals surface area contributed by atoms with Crippen molar-refractivity contribution in [3.05, 3.63) is 84.2 Å². The molecule has 2 atom stereocenters. The van der Waals surface area contributed by atoms with Crippen LogP contribution in [0.2, 0.25) is 0 Å². The monoisotopic (exact) mass is 339 g/mol. The summed E-state index contributed by atoms with van der Waals surface area (Å²) < 4.78 is 10.5. The Bertz CT molecular complexity index is 744. The molecule has 0 aliphatic heterocycles. The van der Waals surface area contributed by atoms with Crippen molar-refractivity contribution in [3.8, 4) is 0 Å². The van der Waals surface area contributed by atoms with Gasteiger partial charge in [0.1, 0.15) is 5.76 Å². The number of rotatable bonds is 7. The van der Waals surface area contributed by atoms with E-state index in [4.69, 9.17) is 8.83 Å². The molecule has 2 heterocycles. The lowest BCUT2D eigenvalue weighted by Crippen LogP contribution is -2.42. The van der Waals surface area contributed by atoms with Gasteiger partial charge >= 0.3 is 0 Å². The number of benzene rings is 1. The van der Waals surface area contributed by atoms with E-state index in [1.54, 1.807) is 18.2 Å². The van der Waals surface area contributed by atoms with Gasteiger partial charge < -0.3 is 19.3 Å². The maximum absolute atomic E-state index is 12.7. The van der Waals surface area contributed by atoms with Crippen molar-refractivity contribution in [3.63, 3.8) is 0 Å². The highest BCUT2D eigenvalue weighted by Crippen LogP contribution is 2.30. The first-order valence-corrected chi connectivity index (χ1v) is 8.27. The fourth-order valence-electron chi connectivity index (χ4n) is 2.94. The number of amides is 1. The zero-order chi connectivity index (χ0) is 17.7. The molecule has 5 heteroatoms. The van der Waals surface area contributed by atoms with Crippen LogP contribution in [0.4, 0.5) is 0 Å². The van der Waals surface area contributed by atoms with E-state index in [2.05, 4.69) is 5.32 Å². The van der Waals surface area contributed by atoms with Crippen molar-refractivity contribution in [2.45, 2.75) is 24.9 Å². The first kappa shape index (κ1) is 17.0. The van der Waals surface area contributed by atoms with E-state index >= 15 is 0 Å². The van der Waals surface area contributed by atoms with E-state index < -0.39 is 5.60 Å². The maximum Gasteiger partial charge on any atom is 0.227 e. The number of nitrogens with one attached hydrogen (secondary N) is 1. The molecule has 0 saturated carbocycles. The van der Waals surface area contributed by atoms with Crippen molar-refractivity contribution in [2.24, 2.45) is 0 Å². The molecule has 0 aliphatic rings. The molecule has 0 fully saturated rings. The van der Waals surface area contributed by atoms with E-state index in [1.807, 2.05) is 37.3 Å². The van der Waals surface area contributed by atoms with Crippen LogP contribution < -0.4 is 5.32 Å². The minimum Gasteiger partial charge on any atom is -0.472 e. The molecule has 0 spiro atoms. The lowest BCUT2D eigenvalue weighted by atomic mass is 9.92. The average Bonchev–Trinajstić information content (AvgIpc) is 3.35. The van der Waals surface area contributed by atoms with E-state index in [-0.39, 0.29) is 18.4 Å². The van der Waals surface area contributed by atoms with Gasteiger partial charge in [-0.25, -0.2) is 0 Å². The van der Waals surface area contributed by atoms with Crippen LogP contribution in [-0.4, -0.2) is 17.6 Å². The highest BCUT2D eigenvalue weighted by atomic mass is 16.4. The van der Waals surface area contributed by atoms with Gasteiger partial charge in [0.2, 0.25) is 5.91 Å². The molecule has 0 saturated heterocycles. The number of furan rings is 2. The zero-order valence-corrected chi connectivity index (χ0v) is 14.0. The van der Waals surface area contributed by atoms with Crippen molar-refractivity contribution < 1.29 is 18.7 Å². The SMILES string of the molecule is CC[C@@H](C(=O)NC[C@](O)(c1ccoc1)c1ccco1)c1ccccc1. The highest BCUT2D eigenvalue weighted by Gasteiger charge is 2.36. The third-order valence-corrected chi connectivity index (χ3v) is 4.37. The Morgan fingerprint density at radius 1 is 1.16 bits per heavy atom. The Kier molecular flexibility index (Phi) is 5.05. The molecule has 130 valence electrons. The zero-order valence-electron chi connectivity index (χ0n) is 14.0. The van der Waals surface area contributed by atoms with E-state index in [1.165, 1.54) is 18.8 Å². The number of carbonyl (C=O) groups is 1. The topological polar surface area (TPSA) is 75.6 Å². The third kappa shape index (κ3) is 3.51.